The Kier molecular flexibility index (Phi) is 22.3. The van der Waals surface area contributed by atoms with Crippen molar-refractivity contribution in [2.24, 2.45) is 0 Å². The zero-order chi connectivity index (χ0) is 18.4. The Morgan fingerprint density at radius 3 is 1.08 bits per heavy atom. The Hall–Kier alpha value is 0.137. The van der Waals surface area contributed by atoms with Gasteiger partial charge in [-0.3, -0.25) is 0 Å². The van der Waals surface area contributed by atoms with Crippen LogP contribution < -0.4 is 0 Å². The summed E-state index contributed by atoms with van der Waals surface area (Å²) in [5, 5.41) is 0. The van der Waals surface area contributed by atoms with Gasteiger partial charge < -0.3 is 8.85 Å². The van der Waals surface area contributed by atoms with E-state index in [-0.39, 0.29) is 0 Å². The fourth-order valence-corrected chi connectivity index (χ4v) is 5.24. The van der Waals surface area contributed by atoms with Crippen LogP contribution in [0, 0.1) is 0 Å². The maximum Gasteiger partial charge on any atom is 0.321 e. The van der Waals surface area contributed by atoms with Crippen LogP contribution in [0.3, 0.4) is 0 Å². The van der Waals surface area contributed by atoms with Crippen LogP contribution >= 0.6 is 0 Å². The van der Waals surface area contributed by atoms with E-state index in [0.717, 1.165) is 13.2 Å². The average Bonchev–Trinajstić information content (AvgIpc) is 2.61. The standard InChI is InChI=1S/C22H48O2Si/c1-4-7-8-9-10-11-12-13-14-15-16-17-18-19-20-21-22-25(23-5-2)24-6-3/h25H,4-22H2,1-3H3. The predicted octanol–water partition coefficient (Wildman–Crippen LogP) is 7.54. The van der Waals surface area contributed by atoms with E-state index in [2.05, 4.69) is 20.8 Å². The molecule has 0 N–H and O–H groups in total. The molecular weight excluding hydrogens is 324 g/mol. The minimum Gasteiger partial charge on any atom is -0.397 e. The molecular formula is C22H48O2Si. The topological polar surface area (TPSA) is 18.5 Å². The van der Waals surface area contributed by atoms with E-state index >= 15 is 0 Å². The first kappa shape index (κ1) is 25.1. The van der Waals surface area contributed by atoms with E-state index < -0.39 is 9.28 Å². The average molecular weight is 373 g/mol. The Bertz CT molecular complexity index is 230. The molecule has 0 saturated carbocycles. The summed E-state index contributed by atoms with van der Waals surface area (Å²) >= 11 is 0. The molecule has 0 aliphatic carbocycles. The summed E-state index contributed by atoms with van der Waals surface area (Å²) in [4.78, 5) is 0. The summed E-state index contributed by atoms with van der Waals surface area (Å²) in [7, 11) is -1.33. The summed E-state index contributed by atoms with van der Waals surface area (Å²) < 4.78 is 11.4. The lowest BCUT2D eigenvalue weighted by atomic mass is 10.0. The van der Waals surface area contributed by atoms with Crippen LogP contribution in [0.15, 0.2) is 0 Å². The second kappa shape index (κ2) is 22.2. The highest BCUT2D eigenvalue weighted by Crippen LogP contribution is 2.14. The molecule has 0 saturated heterocycles. The summed E-state index contributed by atoms with van der Waals surface area (Å²) in [6, 6.07) is 1.19. The van der Waals surface area contributed by atoms with E-state index in [0.29, 0.717) is 0 Å². The summed E-state index contributed by atoms with van der Waals surface area (Å²) in [6.07, 6.45) is 22.9. The molecule has 0 aromatic rings. The third-order valence-electron chi connectivity index (χ3n) is 5.00. The molecule has 0 rings (SSSR count). The minimum atomic E-state index is -1.33. The SMILES string of the molecule is CCCCCCCCCCCCCCCCCC[SiH](OCC)OCC. The Morgan fingerprint density at radius 1 is 0.440 bits per heavy atom. The zero-order valence-corrected chi connectivity index (χ0v) is 19.0. The summed E-state index contributed by atoms with van der Waals surface area (Å²) in [6.45, 7) is 8.08. The monoisotopic (exact) mass is 372 g/mol. The minimum absolute atomic E-state index is 0.815. The molecule has 0 atom stereocenters. The number of rotatable bonds is 21. The molecule has 2 nitrogen and oxygen atoms in total. The van der Waals surface area contributed by atoms with Crippen molar-refractivity contribution in [1.29, 1.82) is 0 Å². The van der Waals surface area contributed by atoms with Gasteiger partial charge >= 0.3 is 9.28 Å². The van der Waals surface area contributed by atoms with Gasteiger partial charge in [0.05, 0.1) is 0 Å². The highest BCUT2D eigenvalue weighted by atomic mass is 28.3. The van der Waals surface area contributed by atoms with E-state index in [1.54, 1.807) is 0 Å². The molecule has 0 spiro atoms. The Balaban J connectivity index is 3.13. The van der Waals surface area contributed by atoms with Gasteiger partial charge in [-0.25, -0.2) is 0 Å². The van der Waals surface area contributed by atoms with Crippen LogP contribution in [-0.4, -0.2) is 22.5 Å². The quantitative estimate of drug-likeness (QED) is 0.153. The van der Waals surface area contributed by atoms with Crippen molar-refractivity contribution in [3.8, 4) is 0 Å². The molecule has 0 bridgehead atoms. The molecule has 3 heteroatoms. The van der Waals surface area contributed by atoms with Gasteiger partial charge in [0.2, 0.25) is 0 Å². The van der Waals surface area contributed by atoms with E-state index in [9.17, 15) is 0 Å². The van der Waals surface area contributed by atoms with Gasteiger partial charge in [-0.2, -0.15) is 0 Å². The van der Waals surface area contributed by atoms with Crippen LogP contribution in [-0.2, 0) is 8.85 Å². The molecule has 0 unspecified atom stereocenters. The maximum atomic E-state index is 5.72. The Labute approximate surface area is 161 Å². The van der Waals surface area contributed by atoms with Crippen LogP contribution in [0.5, 0.6) is 0 Å². The maximum absolute atomic E-state index is 5.72. The second-order valence-corrected chi connectivity index (χ2v) is 9.54. The van der Waals surface area contributed by atoms with Crippen molar-refractivity contribution in [3.63, 3.8) is 0 Å². The Morgan fingerprint density at radius 2 is 0.760 bits per heavy atom. The molecule has 0 amide bonds. The van der Waals surface area contributed by atoms with E-state index in [1.807, 2.05) is 0 Å². The van der Waals surface area contributed by atoms with Crippen molar-refractivity contribution >= 4 is 9.28 Å². The smallest absolute Gasteiger partial charge is 0.321 e. The van der Waals surface area contributed by atoms with Gasteiger partial charge in [0.1, 0.15) is 0 Å². The lowest BCUT2D eigenvalue weighted by Gasteiger charge is -2.14. The molecule has 152 valence electrons. The zero-order valence-electron chi connectivity index (χ0n) is 17.8. The van der Waals surface area contributed by atoms with Crippen molar-refractivity contribution in [1.82, 2.24) is 0 Å². The van der Waals surface area contributed by atoms with E-state index in [1.165, 1.54) is 109 Å². The molecule has 0 aliphatic rings. The first-order valence-corrected chi connectivity index (χ1v) is 13.3. The molecule has 0 radical (unpaired) electrons. The van der Waals surface area contributed by atoms with Crippen LogP contribution in [0.1, 0.15) is 124 Å². The summed E-state index contributed by atoms with van der Waals surface area (Å²) in [5.41, 5.74) is 0. The largest absolute Gasteiger partial charge is 0.397 e. The number of hydrogen-bond acceptors (Lipinski definition) is 2. The van der Waals surface area contributed by atoms with Gasteiger partial charge in [-0.15, -0.1) is 0 Å². The molecule has 0 aromatic carbocycles. The number of unbranched alkanes of at least 4 members (excludes halogenated alkanes) is 15. The normalized spacial score (nSPS) is 11.5. The lowest BCUT2D eigenvalue weighted by molar-refractivity contribution is 0.212. The van der Waals surface area contributed by atoms with Crippen molar-refractivity contribution in [3.05, 3.63) is 0 Å². The lowest BCUT2D eigenvalue weighted by Crippen LogP contribution is -2.22. The summed E-state index contributed by atoms with van der Waals surface area (Å²) in [5.74, 6) is 0. The van der Waals surface area contributed by atoms with E-state index in [4.69, 9.17) is 8.85 Å². The van der Waals surface area contributed by atoms with Crippen molar-refractivity contribution < 1.29 is 8.85 Å². The highest BCUT2D eigenvalue weighted by Gasteiger charge is 2.10. The highest BCUT2D eigenvalue weighted by molar-refractivity contribution is 6.44. The van der Waals surface area contributed by atoms with Gasteiger partial charge in [-0.1, -0.05) is 110 Å². The molecule has 0 aliphatic heterocycles. The van der Waals surface area contributed by atoms with Crippen molar-refractivity contribution in [2.75, 3.05) is 13.2 Å². The fraction of sp³-hybridized carbons (Fsp3) is 1.00. The third kappa shape index (κ3) is 20.3. The third-order valence-corrected chi connectivity index (χ3v) is 7.29. The van der Waals surface area contributed by atoms with Crippen LogP contribution in [0.4, 0.5) is 0 Å². The van der Waals surface area contributed by atoms with Crippen LogP contribution in [0.25, 0.3) is 0 Å². The van der Waals surface area contributed by atoms with Gasteiger partial charge in [0.15, 0.2) is 0 Å². The fourth-order valence-electron chi connectivity index (χ4n) is 3.45. The van der Waals surface area contributed by atoms with Crippen molar-refractivity contribution in [2.45, 2.75) is 130 Å². The molecule has 0 aromatic heterocycles. The predicted molar refractivity (Wildman–Crippen MR) is 115 cm³/mol. The van der Waals surface area contributed by atoms with Crippen LogP contribution in [0.2, 0.25) is 6.04 Å². The molecule has 25 heavy (non-hydrogen) atoms. The second-order valence-electron chi connectivity index (χ2n) is 7.43. The molecule has 0 heterocycles. The van der Waals surface area contributed by atoms with Gasteiger partial charge in [0, 0.05) is 13.2 Å². The van der Waals surface area contributed by atoms with Gasteiger partial charge in [-0.05, 0) is 19.9 Å². The number of hydrogen-bond donors (Lipinski definition) is 0. The molecule has 0 fully saturated rings. The van der Waals surface area contributed by atoms with Gasteiger partial charge in [0.25, 0.3) is 0 Å². The first-order chi connectivity index (χ1) is 12.3. The first-order valence-electron chi connectivity index (χ1n) is 11.6.